The predicted octanol–water partition coefficient (Wildman–Crippen LogP) is 2.68. The number of likely N-dealkylation sites (tertiary alicyclic amines) is 1. The van der Waals surface area contributed by atoms with E-state index in [9.17, 15) is 9.59 Å². The number of carbonyl (C=O) groups excluding carboxylic acids is 1. The minimum Gasteiger partial charge on any atom is -0.342 e. The second-order valence-corrected chi connectivity index (χ2v) is 9.93. The molecule has 6 heteroatoms. The van der Waals surface area contributed by atoms with Gasteiger partial charge in [-0.15, -0.1) is 0 Å². The van der Waals surface area contributed by atoms with E-state index in [4.69, 9.17) is 4.98 Å². The number of amides is 1. The van der Waals surface area contributed by atoms with Crippen LogP contribution in [0.1, 0.15) is 75.4 Å². The molecule has 0 radical (unpaired) electrons. The van der Waals surface area contributed by atoms with Crippen LogP contribution in [0.4, 0.5) is 0 Å². The minimum atomic E-state index is 0.0379. The maximum absolute atomic E-state index is 12.9. The van der Waals surface area contributed by atoms with Gasteiger partial charge in [-0.3, -0.25) is 14.5 Å². The van der Waals surface area contributed by atoms with Crippen molar-refractivity contribution in [2.24, 2.45) is 17.8 Å². The number of hydrogen-bond donors (Lipinski definition) is 1. The molecule has 158 valence electrons. The smallest absolute Gasteiger partial charge is 0.255 e. The zero-order valence-corrected chi connectivity index (χ0v) is 17.8. The highest BCUT2D eigenvalue weighted by Gasteiger charge is 2.55. The van der Waals surface area contributed by atoms with Crippen LogP contribution in [0.25, 0.3) is 0 Å². The molecule has 1 amide bonds. The average Bonchev–Trinajstić information content (AvgIpc) is 3.47. The van der Waals surface area contributed by atoms with Crippen molar-refractivity contribution in [1.82, 2.24) is 19.8 Å². The van der Waals surface area contributed by atoms with Crippen LogP contribution in [0.2, 0.25) is 0 Å². The number of aromatic amines is 1. The van der Waals surface area contributed by atoms with Crippen LogP contribution in [-0.4, -0.2) is 51.4 Å². The summed E-state index contributed by atoms with van der Waals surface area (Å²) < 4.78 is 0. The number of hydrogen-bond acceptors (Lipinski definition) is 4. The summed E-state index contributed by atoms with van der Waals surface area (Å²) in [5, 5.41) is 0. The van der Waals surface area contributed by atoms with Crippen LogP contribution in [0.5, 0.6) is 0 Å². The molecule has 3 fully saturated rings. The van der Waals surface area contributed by atoms with Crippen molar-refractivity contribution >= 4 is 5.91 Å². The topological polar surface area (TPSA) is 69.3 Å². The summed E-state index contributed by atoms with van der Waals surface area (Å²) in [4.78, 5) is 38.1. The molecule has 2 aliphatic heterocycles. The number of piperidine rings is 1. The molecule has 1 aromatic heterocycles. The first-order chi connectivity index (χ1) is 14.0. The Morgan fingerprint density at radius 1 is 1.07 bits per heavy atom. The number of nitrogens with zero attached hydrogens (tertiary/aromatic N) is 3. The summed E-state index contributed by atoms with van der Waals surface area (Å²) in [6, 6.07) is 0.444. The van der Waals surface area contributed by atoms with Crippen molar-refractivity contribution in [2.45, 2.75) is 77.3 Å². The van der Waals surface area contributed by atoms with E-state index in [1.165, 1.54) is 25.7 Å². The lowest BCUT2D eigenvalue weighted by Crippen LogP contribution is -2.41. The highest BCUT2D eigenvalue weighted by Crippen LogP contribution is 2.56. The van der Waals surface area contributed by atoms with Gasteiger partial charge in [0.2, 0.25) is 5.91 Å². The van der Waals surface area contributed by atoms with Gasteiger partial charge in [-0.05, 0) is 51.4 Å². The predicted molar refractivity (Wildman–Crippen MR) is 112 cm³/mol. The standard InChI is InChI=1S/C23H34N4O2/c1-14(2)27-12-9-19-18(13-27)22(28)25-21(24-19)15-7-10-26(11-8-15)23(29)20-16-5-3-4-6-17(16)20/h14-17,20H,3-13H2,1-2H3,(H,24,25,28)/t16-,17-/m0/s1. The summed E-state index contributed by atoms with van der Waals surface area (Å²) in [6.07, 6.45) is 7.80. The Balaban J connectivity index is 1.23. The summed E-state index contributed by atoms with van der Waals surface area (Å²) in [5.41, 5.74) is 1.87. The van der Waals surface area contributed by atoms with E-state index in [-0.39, 0.29) is 11.5 Å². The second-order valence-electron chi connectivity index (χ2n) is 9.93. The summed E-state index contributed by atoms with van der Waals surface area (Å²) in [7, 11) is 0. The van der Waals surface area contributed by atoms with Gasteiger partial charge in [-0.25, -0.2) is 4.98 Å². The first-order valence-electron chi connectivity index (χ1n) is 11.7. The van der Waals surface area contributed by atoms with Crippen LogP contribution >= 0.6 is 0 Å². The third-order valence-corrected chi connectivity index (χ3v) is 7.98. The lowest BCUT2D eigenvalue weighted by molar-refractivity contribution is -0.134. The highest BCUT2D eigenvalue weighted by molar-refractivity contribution is 5.82. The number of nitrogens with one attached hydrogen (secondary N) is 1. The van der Waals surface area contributed by atoms with Gasteiger partial charge in [0.25, 0.3) is 5.56 Å². The molecule has 4 aliphatic rings. The SMILES string of the molecule is CC(C)N1CCc2nc(C3CCN(C(=O)C4[C@H]5CCCC[C@H]45)CC3)[nH]c(=O)c2C1. The van der Waals surface area contributed by atoms with Crippen LogP contribution in [0.15, 0.2) is 4.79 Å². The maximum atomic E-state index is 12.9. The fraction of sp³-hybridized carbons (Fsp3) is 0.783. The monoisotopic (exact) mass is 398 g/mol. The number of aromatic nitrogens is 2. The van der Waals surface area contributed by atoms with E-state index in [0.717, 1.165) is 56.0 Å². The second kappa shape index (κ2) is 7.53. The Hall–Kier alpha value is -1.69. The van der Waals surface area contributed by atoms with Gasteiger partial charge in [-0.2, -0.15) is 0 Å². The summed E-state index contributed by atoms with van der Waals surface area (Å²) in [5.74, 6) is 3.19. The summed E-state index contributed by atoms with van der Waals surface area (Å²) >= 11 is 0. The largest absolute Gasteiger partial charge is 0.342 e. The molecular weight excluding hydrogens is 364 g/mol. The van der Waals surface area contributed by atoms with Gasteiger partial charge < -0.3 is 9.88 Å². The Morgan fingerprint density at radius 3 is 2.41 bits per heavy atom. The van der Waals surface area contributed by atoms with Crippen molar-refractivity contribution < 1.29 is 4.79 Å². The van der Waals surface area contributed by atoms with E-state index in [1.807, 2.05) is 0 Å². The molecule has 1 N–H and O–H groups in total. The molecule has 2 aliphatic carbocycles. The molecule has 3 heterocycles. The molecular formula is C23H34N4O2. The molecule has 0 spiro atoms. The maximum Gasteiger partial charge on any atom is 0.255 e. The molecule has 0 bridgehead atoms. The van der Waals surface area contributed by atoms with Gasteiger partial charge in [0.1, 0.15) is 5.82 Å². The van der Waals surface area contributed by atoms with Gasteiger partial charge in [-0.1, -0.05) is 12.8 Å². The minimum absolute atomic E-state index is 0.0379. The first-order valence-corrected chi connectivity index (χ1v) is 11.7. The third kappa shape index (κ3) is 3.54. The van der Waals surface area contributed by atoms with E-state index < -0.39 is 0 Å². The Labute approximate surface area is 173 Å². The lowest BCUT2D eigenvalue weighted by atomic mass is 9.94. The zero-order chi connectivity index (χ0) is 20.1. The van der Waals surface area contributed by atoms with Crippen molar-refractivity contribution in [3.05, 3.63) is 27.4 Å². The van der Waals surface area contributed by atoms with Crippen molar-refractivity contribution in [1.29, 1.82) is 0 Å². The van der Waals surface area contributed by atoms with Gasteiger partial charge >= 0.3 is 0 Å². The molecule has 2 atom stereocenters. The van der Waals surface area contributed by atoms with Gasteiger partial charge in [0.15, 0.2) is 0 Å². The first kappa shape index (κ1) is 19.3. The van der Waals surface area contributed by atoms with Gasteiger partial charge in [0.05, 0.1) is 11.3 Å². The number of carbonyl (C=O) groups is 1. The molecule has 0 aromatic carbocycles. The average molecular weight is 399 g/mol. The summed E-state index contributed by atoms with van der Waals surface area (Å²) in [6.45, 7) is 7.63. The van der Waals surface area contributed by atoms with E-state index in [2.05, 4.69) is 28.6 Å². The Kier molecular flexibility index (Phi) is 5.01. The quantitative estimate of drug-likeness (QED) is 0.850. The molecule has 1 aromatic rings. The fourth-order valence-corrected chi connectivity index (χ4v) is 6.04. The molecule has 1 saturated heterocycles. The normalized spacial score (nSPS) is 30.2. The molecule has 0 unspecified atom stereocenters. The Morgan fingerprint density at radius 2 is 1.76 bits per heavy atom. The fourth-order valence-electron chi connectivity index (χ4n) is 6.04. The lowest BCUT2D eigenvalue weighted by Gasteiger charge is -2.33. The van der Waals surface area contributed by atoms with Crippen LogP contribution in [0.3, 0.4) is 0 Å². The van der Waals surface area contributed by atoms with E-state index in [0.29, 0.717) is 36.2 Å². The van der Waals surface area contributed by atoms with Crippen LogP contribution in [-0.2, 0) is 17.8 Å². The van der Waals surface area contributed by atoms with E-state index in [1.54, 1.807) is 0 Å². The third-order valence-electron chi connectivity index (χ3n) is 7.98. The zero-order valence-electron chi connectivity index (χ0n) is 17.8. The van der Waals surface area contributed by atoms with Gasteiger partial charge in [0, 0.05) is 50.5 Å². The Bertz CT molecular complexity index is 828. The van der Waals surface area contributed by atoms with Crippen molar-refractivity contribution in [3.63, 3.8) is 0 Å². The molecule has 2 saturated carbocycles. The molecule has 5 rings (SSSR count). The molecule has 6 nitrogen and oxygen atoms in total. The van der Waals surface area contributed by atoms with Crippen LogP contribution < -0.4 is 5.56 Å². The molecule has 29 heavy (non-hydrogen) atoms. The van der Waals surface area contributed by atoms with E-state index >= 15 is 0 Å². The van der Waals surface area contributed by atoms with Crippen molar-refractivity contribution in [3.8, 4) is 0 Å². The van der Waals surface area contributed by atoms with Crippen LogP contribution in [0, 0.1) is 17.8 Å². The van der Waals surface area contributed by atoms with Crippen molar-refractivity contribution in [2.75, 3.05) is 19.6 Å². The highest BCUT2D eigenvalue weighted by atomic mass is 16.2. The number of H-pyrrole nitrogens is 1. The number of rotatable bonds is 3. The number of fused-ring (bicyclic) bond motifs is 2.